The molecule has 0 bridgehead atoms. The van der Waals surface area contributed by atoms with Crippen molar-refractivity contribution in [2.75, 3.05) is 26.4 Å². The van der Waals surface area contributed by atoms with Gasteiger partial charge in [-0.05, 0) is 28.3 Å². The predicted molar refractivity (Wildman–Crippen MR) is 87.0 cm³/mol. The average Bonchev–Trinajstić information content (AvgIpc) is 3.45. The topological polar surface area (TPSA) is 34.3 Å². The van der Waals surface area contributed by atoms with Crippen LogP contribution in [0.15, 0.2) is 42.5 Å². The normalized spacial score (nSPS) is 23.8. The molecular weight excluding hydrogens is 276 g/mol. The summed E-state index contributed by atoms with van der Waals surface area (Å²) < 4.78 is 15.1. The molecule has 2 aromatic rings. The number of allylic oxidation sites excluding steroid dienone is 1. The molecule has 3 nitrogen and oxygen atoms in total. The molecule has 2 fully saturated rings. The summed E-state index contributed by atoms with van der Waals surface area (Å²) >= 11 is 0. The van der Waals surface area contributed by atoms with Crippen LogP contribution in [-0.2, 0) is 20.6 Å². The van der Waals surface area contributed by atoms with Gasteiger partial charge in [0.1, 0.15) is 12.2 Å². The fourth-order valence-electron chi connectivity index (χ4n) is 2.73. The first-order valence-corrected chi connectivity index (χ1v) is 7.88. The van der Waals surface area contributed by atoms with Crippen LogP contribution < -0.4 is 0 Å². The highest BCUT2D eigenvalue weighted by molar-refractivity contribution is 5.94. The number of ether oxygens (including phenoxy) is 3. The highest BCUT2D eigenvalue weighted by atomic mass is 16.6. The summed E-state index contributed by atoms with van der Waals surface area (Å²) in [6.07, 6.45) is 6.31. The lowest BCUT2D eigenvalue weighted by Gasteiger charge is -2.11. The number of hydrogen-bond donors (Lipinski definition) is 0. The van der Waals surface area contributed by atoms with E-state index in [2.05, 4.69) is 48.6 Å². The van der Waals surface area contributed by atoms with E-state index in [9.17, 15) is 0 Å². The average molecular weight is 296 g/mol. The third-order valence-corrected chi connectivity index (χ3v) is 4.07. The molecule has 22 heavy (non-hydrogen) atoms. The first-order valence-electron chi connectivity index (χ1n) is 7.88. The Labute approximate surface area is 130 Å². The highest BCUT2D eigenvalue weighted by Gasteiger charge is 2.26. The summed E-state index contributed by atoms with van der Waals surface area (Å²) in [6.45, 7) is 3.26. The van der Waals surface area contributed by atoms with Crippen LogP contribution >= 0.6 is 0 Å². The van der Waals surface area contributed by atoms with E-state index in [-0.39, 0.29) is 0 Å². The second-order valence-corrected chi connectivity index (χ2v) is 5.92. The molecule has 2 atom stereocenters. The summed E-state index contributed by atoms with van der Waals surface area (Å²) in [4.78, 5) is 0. The van der Waals surface area contributed by atoms with Gasteiger partial charge < -0.3 is 14.2 Å². The van der Waals surface area contributed by atoms with Gasteiger partial charge in [0, 0.05) is 0 Å². The maximum atomic E-state index is 5.23. The van der Waals surface area contributed by atoms with Gasteiger partial charge in [0.05, 0.1) is 26.4 Å². The van der Waals surface area contributed by atoms with Gasteiger partial charge in [-0.25, -0.2) is 0 Å². The van der Waals surface area contributed by atoms with Crippen LogP contribution in [0.3, 0.4) is 0 Å². The SMILES string of the molecule is C(OCC1CO1)C1CO1.C1=Cc2cccc3cccc(c23)C1. The molecule has 5 rings (SSSR count). The molecule has 0 radical (unpaired) electrons. The van der Waals surface area contributed by atoms with Gasteiger partial charge in [-0.1, -0.05) is 48.6 Å². The zero-order valence-electron chi connectivity index (χ0n) is 12.5. The summed E-state index contributed by atoms with van der Waals surface area (Å²) in [5.74, 6) is 0. The number of hydrogen-bond acceptors (Lipinski definition) is 3. The van der Waals surface area contributed by atoms with E-state index >= 15 is 0 Å². The van der Waals surface area contributed by atoms with E-state index in [1.54, 1.807) is 0 Å². The van der Waals surface area contributed by atoms with E-state index < -0.39 is 0 Å². The van der Waals surface area contributed by atoms with Gasteiger partial charge in [0.15, 0.2) is 0 Å². The Bertz CT molecular complexity index is 667. The lowest BCUT2D eigenvalue weighted by atomic mass is 9.93. The van der Waals surface area contributed by atoms with Gasteiger partial charge in [0.25, 0.3) is 0 Å². The molecule has 2 heterocycles. The molecule has 0 amide bonds. The van der Waals surface area contributed by atoms with Crippen LogP contribution in [-0.4, -0.2) is 38.6 Å². The second kappa shape index (κ2) is 6.21. The Morgan fingerprint density at radius 3 is 2.32 bits per heavy atom. The zero-order chi connectivity index (χ0) is 14.8. The molecule has 2 aromatic carbocycles. The molecule has 114 valence electrons. The van der Waals surface area contributed by atoms with Crippen molar-refractivity contribution in [2.45, 2.75) is 18.6 Å². The lowest BCUT2D eigenvalue weighted by Crippen LogP contribution is -2.06. The monoisotopic (exact) mass is 296 g/mol. The van der Waals surface area contributed by atoms with Gasteiger partial charge in [-0.3, -0.25) is 0 Å². The van der Waals surface area contributed by atoms with Crippen LogP contribution in [0.2, 0.25) is 0 Å². The second-order valence-electron chi connectivity index (χ2n) is 5.92. The molecule has 0 N–H and O–H groups in total. The lowest BCUT2D eigenvalue weighted by molar-refractivity contribution is 0.102. The van der Waals surface area contributed by atoms with Crippen LogP contribution in [0.25, 0.3) is 16.8 Å². The molecule has 0 saturated carbocycles. The van der Waals surface area contributed by atoms with Gasteiger partial charge in [0.2, 0.25) is 0 Å². The Morgan fingerprint density at radius 2 is 1.64 bits per heavy atom. The third-order valence-electron chi connectivity index (χ3n) is 4.07. The molecule has 1 aliphatic carbocycles. The van der Waals surface area contributed by atoms with E-state index in [4.69, 9.17) is 14.2 Å². The van der Waals surface area contributed by atoms with E-state index in [0.29, 0.717) is 12.2 Å². The minimum Gasteiger partial charge on any atom is -0.376 e. The van der Waals surface area contributed by atoms with E-state index in [1.807, 2.05) is 0 Å². The van der Waals surface area contributed by atoms with Crippen molar-refractivity contribution in [1.82, 2.24) is 0 Å². The predicted octanol–water partition coefficient (Wildman–Crippen LogP) is 3.21. The molecule has 2 saturated heterocycles. The Morgan fingerprint density at radius 1 is 0.955 bits per heavy atom. The molecule has 3 aliphatic rings. The maximum Gasteiger partial charge on any atom is 0.104 e. The van der Waals surface area contributed by atoms with Gasteiger partial charge >= 0.3 is 0 Å². The molecule has 2 unspecified atom stereocenters. The fraction of sp³-hybridized carbons (Fsp3) is 0.368. The first-order chi connectivity index (χ1) is 10.9. The van der Waals surface area contributed by atoms with E-state index in [1.165, 1.54) is 21.9 Å². The van der Waals surface area contributed by atoms with Crippen molar-refractivity contribution < 1.29 is 14.2 Å². The van der Waals surface area contributed by atoms with Crippen molar-refractivity contribution in [2.24, 2.45) is 0 Å². The van der Waals surface area contributed by atoms with E-state index in [0.717, 1.165) is 32.8 Å². The molecule has 2 aliphatic heterocycles. The smallest absolute Gasteiger partial charge is 0.104 e. The standard InChI is InChI=1S/C13H10.C6H10O3/c1-4-10-6-2-8-12-9-3-7-11(5-1)13(10)12;1(5-3-8-5)7-2-6-4-9-6/h1-8H,9H2;5-6H,1-4H2. The van der Waals surface area contributed by atoms with Crippen molar-refractivity contribution in [1.29, 1.82) is 0 Å². The number of epoxide rings is 2. The number of rotatable bonds is 4. The zero-order valence-corrected chi connectivity index (χ0v) is 12.5. The Hall–Kier alpha value is -1.68. The Kier molecular flexibility index (Phi) is 3.94. The van der Waals surface area contributed by atoms with Crippen LogP contribution in [0, 0.1) is 0 Å². The van der Waals surface area contributed by atoms with Crippen LogP contribution in [0.1, 0.15) is 11.1 Å². The molecule has 3 heteroatoms. The van der Waals surface area contributed by atoms with Gasteiger partial charge in [-0.2, -0.15) is 0 Å². The summed E-state index contributed by atoms with van der Waals surface area (Å²) in [6, 6.07) is 13.0. The largest absolute Gasteiger partial charge is 0.376 e. The fourth-order valence-corrected chi connectivity index (χ4v) is 2.73. The van der Waals surface area contributed by atoms with Crippen molar-refractivity contribution >= 4 is 16.8 Å². The molecule has 0 aromatic heterocycles. The maximum absolute atomic E-state index is 5.23. The van der Waals surface area contributed by atoms with Crippen molar-refractivity contribution in [3.63, 3.8) is 0 Å². The summed E-state index contributed by atoms with van der Waals surface area (Å²) in [5, 5.41) is 2.80. The van der Waals surface area contributed by atoms with Crippen LogP contribution in [0.4, 0.5) is 0 Å². The number of benzene rings is 2. The summed E-state index contributed by atoms with van der Waals surface area (Å²) in [5.41, 5.74) is 2.81. The van der Waals surface area contributed by atoms with Crippen molar-refractivity contribution in [3.05, 3.63) is 53.6 Å². The molecular formula is C19H20O3. The minimum atomic E-state index is 0.392. The van der Waals surface area contributed by atoms with Gasteiger partial charge in [-0.15, -0.1) is 0 Å². The minimum absolute atomic E-state index is 0.392. The Balaban J connectivity index is 0.000000122. The van der Waals surface area contributed by atoms with Crippen molar-refractivity contribution in [3.8, 4) is 0 Å². The third kappa shape index (κ3) is 3.38. The van der Waals surface area contributed by atoms with Crippen LogP contribution in [0.5, 0.6) is 0 Å². The highest BCUT2D eigenvalue weighted by Crippen LogP contribution is 2.27. The quantitative estimate of drug-likeness (QED) is 0.813. The summed E-state index contributed by atoms with van der Waals surface area (Å²) in [7, 11) is 0. The first kappa shape index (κ1) is 13.9. The molecule has 0 spiro atoms.